The molecule has 0 radical (unpaired) electrons. The number of hydrogen-bond acceptors (Lipinski definition) is 3. The van der Waals surface area contributed by atoms with Crippen LogP contribution in [-0.4, -0.2) is 25.9 Å². The molecule has 1 unspecified atom stereocenters. The van der Waals surface area contributed by atoms with Gasteiger partial charge in [-0.2, -0.15) is 0 Å². The molecule has 2 rings (SSSR count). The molecule has 0 aromatic heterocycles. The highest BCUT2D eigenvalue weighted by Crippen LogP contribution is 2.28. The average molecular weight is 314 g/mol. The molecule has 23 heavy (non-hydrogen) atoms. The first-order chi connectivity index (χ1) is 11.3. The summed E-state index contributed by atoms with van der Waals surface area (Å²) in [5, 5.41) is 9.62. The van der Waals surface area contributed by atoms with Crippen molar-refractivity contribution in [1.29, 1.82) is 0 Å². The van der Waals surface area contributed by atoms with Crippen molar-refractivity contribution in [1.82, 2.24) is 0 Å². The third kappa shape index (κ3) is 5.29. The van der Waals surface area contributed by atoms with Gasteiger partial charge in [0, 0.05) is 6.61 Å². The lowest BCUT2D eigenvalue weighted by Crippen LogP contribution is -2.09. The number of methoxy groups -OCH3 is 2. The molecule has 2 aromatic rings. The van der Waals surface area contributed by atoms with Gasteiger partial charge in [0.2, 0.25) is 0 Å². The van der Waals surface area contributed by atoms with Crippen LogP contribution in [0, 0.1) is 5.92 Å². The molecule has 1 N–H and O–H groups in total. The molecule has 0 fully saturated rings. The van der Waals surface area contributed by atoms with Crippen LogP contribution in [0.5, 0.6) is 11.5 Å². The van der Waals surface area contributed by atoms with E-state index in [0.29, 0.717) is 5.92 Å². The smallest absolute Gasteiger partial charge is 0.160 e. The van der Waals surface area contributed by atoms with E-state index in [1.807, 2.05) is 18.2 Å². The Morgan fingerprint density at radius 3 is 2.09 bits per heavy atom. The fourth-order valence-corrected chi connectivity index (χ4v) is 2.75. The number of benzene rings is 2. The minimum absolute atomic E-state index is 0.236. The van der Waals surface area contributed by atoms with Crippen molar-refractivity contribution in [2.75, 3.05) is 20.8 Å². The quantitative estimate of drug-likeness (QED) is 0.763. The van der Waals surface area contributed by atoms with E-state index in [9.17, 15) is 5.11 Å². The van der Waals surface area contributed by atoms with E-state index in [4.69, 9.17) is 9.47 Å². The van der Waals surface area contributed by atoms with Crippen LogP contribution in [0.15, 0.2) is 48.5 Å². The zero-order valence-corrected chi connectivity index (χ0v) is 14.0. The number of aryl methyl sites for hydroxylation is 2. The first kappa shape index (κ1) is 17.4. The Morgan fingerprint density at radius 2 is 1.48 bits per heavy atom. The van der Waals surface area contributed by atoms with E-state index >= 15 is 0 Å². The van der Waals surface area contributed by atoms with Gasteiger partial charge in [0.25, 0.3) is 0 Å². The molecule has 0 saturated heterocycles. The van der Waals surface area contributed by atoms with Crippen LogP contribution in [0.1, 0.15) is 24.0 Å². The number of ether oxygens (including phenoxy) is 2. The van der Waals surface area contributed by atoms with Gasteiger partial charge in [0.05, 0.1) is 14.2 Å². The van der Waals surface area contributed by atoms with E-state index in [1.54, 1.807) is 14.2 Å². The van der Waals surface area contributed by atoms with Gasteiger partial charge in [-0.1, -0.05) is 36.4 Å². The highest BCUT2D eigenvalue weighted by atomic mass is 16.5. The standard InChI is InChI=1S/C20H26O3/c1-22-19-13-12-17(14-20(19)23-2)9-11-18(15-21)10-8-16-6-4-3-5-7-16/h3-7,12-14,18,21H,8-11,15H2,1-2H3. The van der Waals surface area contributed by atoms with Crippen molar-refractivity contribution >= 4 is 0 Å². The van der Waals surface area contributed by atoms with Crippen molar-refractivity contribution in [3.63, 3.8) is 0 Å². The molecular formula is C20H26O3. The van der Waals surface area contributed by atoms with Crippen molar-refractivity contribution in [3.05, 3.63) is 59.7 Å². The Kier molecular flexibility index (Phi) is 6.95. The minimum atomic E-state index is 0.236. The van der Waals surface area contributed by atoms with Crippen LogP contribution in [0.4, 0.5) is 0 Å². The largest absolute Gasteiger partial charge is 0.493 e. The second kappa shape index (κ2) is 9.21. The Morgan fingerprint density at radius 1 is 0.826 bits per heavy atom. The Labute approximate surface area is 138 Å². The summed E-state index contributed by atoms with van der Waals surface area (Å²) >= 11 is 0. The minimum Gasteiger partial charge on any atom is -0.493 e. The fourth-order valence-electron chi connectivity index (χ4n) is 2.75. The summed E-state index contributed by atoms with van der Waals surface area (Å²) in [6.45, 7) is 0.236. The van der Waals surface area contributed by atoms with Crippen molar-refractivity contribution < 1.29 is 14.6 Å². The molecule has 0 amide bonds. The van der Waals surface area contributed by atoms with E-state index < -0.39 is 0 Å². The van der Waals surface area contributed by atoms with Gasteiger partial charge in [-0.3, -0.25) is 0 Å². The van der Waals surface area contributed by atoms with Crippen LogP contribution < -0.4 is 9.47 Å². The predicted molar refractivity (Wildman–Crippen MR) is 93.2 cm³/mol. The topological polar surface area (TPSA) is 38.7 Å². The van der Waals surface area contributed by atoms with Gasteiger partial charge in [-0.15, -0.1) is 0 Å². The van der Waals surface area contributed by atoms with Crippen molar-refractivity contribution in [2.45, 2.75) is 25.7 Å². The highest BCUT2D eigenvalue weighted by molar-refractivity contribution is 5.42. The number of aliphatic hydroxyl groups is 1. The lowest BCUT2D eigenvalue weighted by molar-refractivity contribution is 0.211. The lowest BCUT2D eigenvalue weighted by atomic mass is 9.94. The Bertz CT molecular complexity index is 581. The van der Waals surface area contributed by atoms with Crippen LogP contribution in [0.3, 0.4) is 0 Å². The van der Waals surface area contributed by atoms with Crippen LogP contribution >= 0.6 is 0 Å². The van der Waals surface area contributed by atoms with Gasteiger partial charge >= 0.3 is 0 Å². The molecule has 0 saturated carbocycles. The molecule has 0 heterocycles. The summed E-state index contributed by atoms with van der Waals surface area (Å²) in [5.74, 6) is 1.83. The summed E-state index contributed by atoms with van der Waals surface area (Å²) < 4.78 is 10.6. The zero-order valence-electron chi connectivity index (χ0n) is 14.0. The lowest BCUT2D eigenvalue weighted by Gasteiger charge is -2.15. The van der Waals surface area contributed by atoms with E-state index in [-0.39, 0.29) is 6.61 Å². The second-order valence-electron chi connectivity index (χ2n) is 5.80. The molecule has 3 nitrogen and oxygen atoms in total. The molecule has 0 bridgehead atoms. The third-order valence-electron chi connectivity index (χ3n) is 4.23. The second-order valence-corrected chi connectivity index (χ2v) is 5.80. The fraction of sp³-hybridized carbons (Fsp3) is 0.400. The zero-order chi connectivity index (χ0) is 16.5. The van der Waals surface area contributed by atoms with Crippen LogP contribution in [-0.2, 0) is 12.8 Å². The molecule has 0 aliphatic rings. The normalized spacial score (nSPS) is 12.0. The van der Waals surface area contributed by atoms with Crippen molar-refractivity contribution in [2.24, 2.45) is 5.92 Å². The predicted octanol–water partition coefficient (Wildman–Crippen LogP) is 3.88. The van der Waals surface area contributed by atoms with E-state index in [0.717, 1.165) is 37.2 Å². The first-order valence-electron chi connectivity index (χ1n) is 8.12. The van der Waals surface area contributed by atoms with Gasteiger partial charge in [-0.25, -0.2) is 0 Å². The summed E-state index contributed by atoms with van der Waals surface area (Å²) in [7, 11) is 3.29. The molecule has 3 heteroatoms. The van der Waals surface area contributed by atoms with Gasteiger partial charge < -0.3 is 14.6 Å². The van der Waals surface area contributed by atoms with E-state index in [1.165, 1.54) is 11.1 Å². The number of rotatable bonds is 9. The number of aliphatic hydroxyl groups excluding tert-OH is 1. The Balaban J connectivity index is 1.87. The van der Waals surface area contributed by atoms with Crippen LogP contribution in [0.25, 0.3) is 0 Å². The summed E-state index contributed by atoms with van der Waals surface area (Å²) in [5.41, 5.74) is 2.54. The molecule has 0 spiro atoms. The monoisotopic (exact) mass is 314 g/mol. The molecule has 0 aliphatic heterocycles. The van der Waals surface area contributed by atoms with Gasteiger partial charge in [0.1, 0.15) is 0 Å². The average Bonchev–Trinajstić information content (AvgIpc) is 2.62. The Hall–Kier alpha value is -2.00. The molecular weight excluding hydrogens is 288 g/mol. The first-order valence-corrected chi connectivity index (χ1v) is 8.12. The maximum atomic E-state index is 9.62. The molecule has 124 valence electrons. The van der Waals surface area contributed by atoms with E-state index in [2.05, 4.69) is 30.3 Å². The molecule has 0 aliphatic carbocycles. The molecule has 1 atom stereocenters. The molecule has 2 aromatic carbocycles. The van der Waals surface area contributed by atoms with Crippen molar-refractivity contribution in [3.8, 4) is 11.5 Å². The summed E-state index contributed by atoms with van der Waals surface area (Å²) in [6, 6.07) is 16.5. The summed E-state index contributed by atoms with van der Waals surface area (Å²) in [6.07, 6.45) is 3.92. The third-order valence-corrected chi connectivity index (χ3v) is 4.23. The summed E-state index contributed by atoms with van der Waals surface area (Å²) in [4.78, 5) is 0. The van der Waals surface area contributed by atoms with Gasteiger partial charge in [0.15, 0.2) is 11.5 Å². The number of hydrogen-bond donors (Lipinski definition) is 1. The van der Waals surface area contributed by atoms with Crippen LogP contribution in [0.2, 0.25) is 0 Å². The SMILES string of the molecule is COc1ccc(CCC(CO)CCc2ccccc2)cc1OC. The highest BCUT2D eigenvalue weighted by Gasteiger charge is 2.10. The maximum absolute atomic E-state index is 9.62. The maximum Gasteiger partial charge on any atom is 0.160 e. The van der Waals surface area contributed by atoms with Gasteiger partial charge in [-0.05, 0) is 54.9 Å².